The van der Waals surface area contributed by atoms with E-state index < -0.39 is 0 Å². The van der Waals surface area contributed by atoms with Gasteiger partial charge < -0.3 is 0 Å². The lowest BCUT2D eigenvalue weighted by atomic mass is 9.76. The molecule has 1 atom stereocenters. The van der Waals surface area contributed by atoms with E-state index in [9.17, 15) is 4.79 Å². The third kappa shape index (κ3) is 2.84. The van der Waals surface area contributed by atoms with E-state index in [2.05, 4.69) is 65.6 Å². The van der Waals surface area contributed by atoms with Crippen molar-refractivity contribution in [2.75, 3.05) is 13.1 Å². The van der Waals surface area contributed by atoms with Crippen molar-refractivity contribution >= 4 is 5.78 Å². The standard InChI is InChI=1S/C21H23NO/c23-21-18-11-13-22(14-12-18)20(21)15-19(16-7-3-1-4-8-16)17-9-5-2-6-10-17/h1-10,18-20H,11-15H2. The zero-order valence-corrected chi connectivity index (χ0v) is 13.4. The minimum atomic E-state index is 0.105. The summed E-state index contributed by atoms with van der Waals surface area (Å²) < 4.78 is 0. The first-order chi connectivity index (χ1) is 11.3. The monoisotopic (exact) mass is 305 g/mol. The Morgan fingerprint density at radius 3 is 1.87 bits per heavy atom. The number of piperidine rings is 3. The van der Waals surface area contributed by atoms with Crippen LogP contribution in [0.1, 0.15) is 36.3 Å². The first kappa shape index (κ1) is 14.6. The fraction of sp³-hybridized carbons (Fsp3) is 0.381. The van der Waals surface area contributed by atoms with E-state index in [4.69, 9.17) is 0 Å². The van der Waals surface area contributed by atoms with E-state index >= 15 is 0 Å². The Hall–Kier alpha value is -1.93. The summed E-state index contributed by atoms with van der Waals surface area (Å²) in [6, 6.07) is 21.4. The smallest absolute Gasteiger partial charge is 0.153 e. The number of carbonyl (C=O) groups excluding carboxylic acids is 1. The molecule has 0 aromatic heterocycles. The molecule has 118 valence electrons. The summed E-state index contributed by atoms with van der Waals surface area (Å²) in [5, 5.41) is 0. The summed E-state index contributed by atoms with van der Waals surface area (Å²) in [5.41, 5.74) is 2.63. The highest BCUT2D eigenvalue weighted by atomic mass is 16.1. The lowest BCUT2D eigenvalue weighted by Crippen LogP contribution is -2.55. The van der Waals surface area contributed by atoms with Crippen molar-refractivity contribution in [3.63, 3.8) is 0 Å². The molecule has 3 fully saturated rings. The van der Waals surface area contributed by atoms with Gasteiger partial charge in [0.05, 0.1) is 6.04 Å². The van der Waals surface area contributed by atoms with Gasteiger partial charge in [-0.2, -0.15) is 0 Å². The number of nitrogens with zero attached hydrogens (tertiary/aromatic N) is 1. The van der Waals surface area contributed by atoms with Gasteiger partial charge in [0, 0.05) is 11.8 Å². The fourth-order valence-corrected chi connectivity index (χ4v) is 4.27. The molecule has 3 saturated heterocycles. The number of rotatable bonds is 4. The number of Topliss-reactive ketones (excluding diaryl/α,β-unsaturated/α-hetero) is 1. The summed E-state index contributed by atoms with van der Waals surface area (Å²) in [5.74, 6) is 1.10. The number of fused-ring (bicyclic) bond motifs is 3. The van der Waals surface area contributed by atoms with Gasteiger partial charge in [-0.25, -0.2) is 0 Å². The second-order valence-corrected chi connectivity index (χ2v) is 6.84. The van der Waals surface area contributed by atoms with E-state index in [1.807, 2.05) is 0 Å². The molecule has 0 radical (unpaired) electrons. The number of carbonyl (C=O) groups is 1. The average molecular weight is 305 g/mol. The van der Waals surface area contributed by atoms with Crippen LogP contribution >= 0.6 is 0 Å². The van der Waals surface area contributed by atoms with Crippen LogP contribution in [0.3, 0.4) is 0 Å². The molecule has 2 aromatic rings. The normalized spacial score (nSPS) is 26.7. The molecule has 0 N–H and O–H groups in total. The van der Waals surface area contributed by atoms with Crippen LogP contribution in [-0.2, 0) is 4.79 Å². The second-order valence-electron chi connectivity index (χ2n) is 6.84. The molecule has 3 heterocycles. The lowest BCUT2D eigenvalue weighted by Gasteiger charge is -2.45. The van der Waals surface area contributed by atoms with Gasteiger partial charge in [-0.05, 0) is 43.5 Å². The molecule has 0 spiro atoms. The van der Waals surface area contributed by atoms with Crippen LogP contribution in [0.5, 0.6) is 0 Å². The summed E-state index contributed by atoms with van der Waals surface area (Å²) in [7, 11) is 0. The molecular formula is C21H23NO. The molecule has 5 rings (SSSR count). The molecule has 2 aromatic carbocycles. The molecule has 2 bridgehead atoms. The first-order valence-electron chi connectivity index (χ1n) is 8.70. The fourth-order valence-electron chi connectivity index (χ4n) is 4.27. The third-order valence-electron chi connectivity index (χ3n) is 5.56. The molecule has 0 saturated carbocycles. The van der Waals surface area contributed by atoms with Crippen LogP contribution in [0, 0.1) is 5.92 Å². The Morgan fingerprint density at radius 1 is 0.870 bits per heavy atom. The Bertz CT molecular complexity index is 619. The van der Waals surface area contributed by atoms with Crippen LogP contribution in [0.4, 0.5) is 0 Å². The Balaban J connectivity index is 1.65. The molecule has 2 heteroatoms. The number of hydrogen-bond acceptors (Lipinski definition) is 2. The van der Waals surface area contributed by atoms with Gasteiger partial charge in [-0.3, -0.25) is 9.69 Å². The highest BCUT2D eigenvalue weighted by Crippen LogP contribution is 2.36. The van der Waals surface area contributed by atoms with E-state index in [1.165, 1.54) is 11.1 Å². The van der Waals surface area contributed by atoms with Crippen LogP contribution < -0.4 is 0 Å². The first-order valence-corrected chi connectivity index (χ1v) is 8.70. The average Bonchev–Trinajstić information content (AvgIpc) is 2.63. The zero-order valence-electron chi connectivity index (χ0n) is 13.4. The molecule has 1 unspecified atom stereocenters. The summed E-state index contributed by atoms with van der Waals surface area (Å²) in [6.07, 6.45) is 3.04. The van der Waals surface area contributed by atoms with Crippen LogP contribution in [0.25, 0.3) is 0 Å². The van der Waals surface area contributed by atoms with E-state index in [0.717, 1.165) is 32.4 Å². The predicted octanol–water partition coefficient (Wildman–Crippen LogP) is 3.87. The molecule has 3 aliphatic heterocycles. The predicted molar refractivity (Wildman–Crippen MR) is 92.4 cm³/mol. The van der Waals surface area contributed by atoms with Gasteiger partial charge >= 0.3 is 0 Å². The van der Waals surface area contributed by atoms with Crippen molar-refractivity contribution in [1.82, 2.24) is 4.90 Å². The summed E-state index contributed by atoms with van der Waals surface area (Å²) >= 11 is 0. The largest absolute Gasteiger partial charge is 0.298 e. The van der Waals surface area contributed by atoms with Gasteiger partial charge in [0.1, 0.15) is 0 Å². The van der Waals surface area contributed by atoms with Crippen molar-refractivity contribution in [1.29, 1.82) is 0 Å². The van der Waals surface area contributed by atoms with Gasteiger partial charge in [0.25, 0.3) is 0 Å². The number of benzene rings is 2. The van der Waals surface area contributed by atoms with Crippen molar-refractivity contribution in [2.45, 2.75) is 31.2 Å². The topological polar surface area (TPSA) is 20.3 Å². The van der Waals surface area contributed by atoms with Crippen molar-refractivity contribution in [3.05, 3.63) is 71.8 Å². The molecule has 2 nitrogen and oxygen atoms in total. The molecule has 23 heavy (non-hydrogen) atoms. The molecule has 0 aliphatic carbocycles. The third-order valence-corrected chi connectivity index (χ3v) is 5.56. The zero-order chi connectivity index (χ0) is 15.6. The Kier molecular flexibility index (Phi) is 4.00. The second kappa shape index (κ2) is 6.29. The van der Waals surface area contributed by atoms with E-state index in [-0.39, 0.29) is 6.04 Å². The van der Waals surface area contributed by atoms with Crippen molar-refractivity contribution in [3.8, 4) is 0 Å². The highest BCUT2D eigenvalue weighted by Gasteiger charge is 2.41. The number of hydrogen-bond donors (Lipinski definition) is 0. The quantitative estimate of drug-likeness (QED) is 0.854. The van der Waals surface area contributed by atoms with Crippen molar-refractivity contribution in [2.24, 2.45) is 5.92 Å². The minimum Gasteiger partial charge on any atom is -0.298 e. The van der Waals surface area contributed by atoms with Crippen LogP contribution in [0.2, 0.25) is 0 Å². The van der Waals surface area contributed by atoms with Crippen LogP contribution in [0.15, 0.2) is 60.7 Å². The summed E-state index contributed by atoms with van der Waals surface area (Å²) in [4.78, 5) is 15.2. The molecular weight excluding hydrogens is 282 g/mol. The molecule has 0 amide bonds. The van der Waals surface area contributed by atoms with Crippen molar-refractivity contribution < 1.29 is 4.79 Å². The van der Waals surface area contributed by atoms with Gasteiger partial charge in [-0.1, -0.05) is 60.7 Å². The number of ketones is 1. The minimum absolute atomic E-state index is 0.105. The Morgan fingerprint density at radius 2 is 1.39 bits per heavy atom. The maximum atomic E-state index is 12.7. The van der Waals surface area contributed by atoms with Crippen LogP contribution in [-0.4, -0.2) is 29.8 Å². The lowest BCUT2D eigenvalue weighted by molar-refractivity contribution is -0.137. The van der Waals surface area contributed by atoms with E-state index in [0.29, 0.717) is 17.6 Å². The van der Waals surface area contributed by atoms with E-state index in [1.54, 1.807) is 0 Å². The van der Waals surface area contributed by atoms with Gasteiger partial charge in [-0.15, -0.1) is 0 Å². The van der Waals surface area contributed by atoms with Gasteiger partial charge in [0.15, 0.2) is 5.78 Å². The van der Waals surface area contributed by atoms with Gasteiger partial charge in [0.2, 0.25) is 0 Å². The summed E-state index contributed by atoms with van der Waals surface area (Å²) in [6.45, 7) is 2.19. The molecule has 3 aliphatic rings. The maximum Gasteiger partial charge on any atom is 0.153 e. The highest BCUT2D eigenvalue weighted by molar-refractivity contribution is 5.88. The Labute approximate surface area is 138 Å². The maximum absolute atomic E-state index is 12.7. The SMILES string of the molecule is O=C1C2CCN(CC2)C1CC(c1ccccc1)c1ccccc1.